The first-order valence-corrected chi connectivity index (χ1v) is 14.0. The molecule has 1 aliphatic heterocycles. The van der Waals surface area contributed by atoms with Gasteiger partial charge in [-0.05, 0) is 51.0 Å². The van der Waals surface area contributed by atoms with E-state index in [1.165, 1.54) is 17.1 Å². The van der Waals surface area contributed by atoms with Gasteiger partial charge in [0.05, 0.1) is 24.4 Å². The molecule has 10 nitrogen and oxygen atoms in total. The summed E-state index contributed by atoms with van der Waals surface area (Å²) in [6.07, 6.45) is -0.499. The third-order valence-electron chi connectivity index (χ3n) is 6.92. The molecule has 234 valence electrons. The Balaban J connectivity index is 1.22. The molecule has 2 aliphatic rings. The number of carbonyl (C=O) groups excluding carboxylic acids is 2. The van der Waals surface area contributed by atoms with E-state index in [1.807, 2.05) is 0 Å². The predicted molar refractivity (Wildman–Crippen MR) is 154 cm³/mol. The van der Waals surface area contributed by atoms with Crippen LogP contribution in [0.15, 0.2) is 66.5 Å². The Labute approximate surface area is 251 Å². The van der Waals surface area contributed by atoms with Gasteiger partial charge < -0.3 is 24.7 Å². The zero-order valence-corrected chi connectivity index (χ0v) is 24.1. The van der Waals surface area contributed by atoms with E-state index >= 15 is 0 Å². The van der Waals surface area contributed by atoms with Gasteiger partial charge in [-0.1, -0.05) is 18.2 Å². The second-order valence-corrected chi connectivity index (χ2v) is 10.7. The van der Waals surface area contributed by atoms with Crippen LogP contribution in [0.4, 0.5) is 34.8 Å². The molecule has 1 atom stereocenters. The number of hydrazine groups is 1. The van der Waals surface area contributed by atoms with Crippen LogP contribution in [0, 0.1) is 18.7 Å². The molecule has 1 saturated carbocycles. The largest absolute Gasteiger partial charge is 0.486 e. The van der Waals surface area contributed by atoms with Crippen LogP contribution in [-0.4, -0.2) is 58.5 Å². The molecule has 0 bridgehead atoms. The summed E-state index contributed by atoms with van der Waals surface area (Å²) in [5.74, 6) is -0.442. The molecule has 3 aromatic rings. The number of hydrogen-bond donors (Lipinski definition) is 2. The lowest BCUT2D eigenvalue weighted by atomic mass is 10.2. The number of alkyl halides is 3. The van der Waals surface area contributed by atoms with Crippen molar-refractivity contribution in [2.45, 2.75) is 45.5 Å². The SMILES string of the molecule is Cc1nc(NC(=O)C2CC2)cn1C[C@H](C)Oc1ccc(NC(=O)C2=CN(CC(F)(F)F)N(c3ccccc3)COC2)cc1F. The van der Waals surface area contributed by atoms with E-state index in [2.05, 4.69) is 15.6 Å². The maximum atomic E-state index is 15.0. The van der Waals surface area contributed by atoms with Crippen LogP contribution >= 0.6 is 0 Å². The number of benzene rings is 2. The van der Waals surface area contributed by atoms with Crippen molar-refractivity contribution in [3.8, 4) is 5.75 Å². The average molecular weight is 617 g/mol. The number of amides is 2. The molecule has 0 unspecified atom stereocenters. The van der Waals surface area contributed by atoms with Crippen LogP contribution in [0.1, 0.15) is 25.6 Å². The molecule has 1 aromatic heterocycles. The van der Waals surface area contributed by atoms with Gasteiger partial charge in [-0.3, -0.25) is 19.6 Å². The number of aromatic nitrogens is 2. The highest BCUT2D eigenvalue weighted by Crippen LogP contribution is 2.30. The van der Waals surface area contributed by atoms with Gasteiger partial charge in [-0.2, -0.15) is 13.2 Å². The molecular formula is C30H32F4N6O4. The highest BCUT2D eigenvalue weighted by atomic mass is 19.4. The van der Waals surface area contributed by atoms with Crippen molar-refractivity contribution >= 4 is 29.0 Å². The van der Waals surface area contributed by atoms with Crippen LogP contribution in [0.2, 0.25) is 0 Å². The molecule has 2 amide bonds. The Kier molecular flexibility index (Phi) is 9.09. The van der Waals surface area contributed by atoms with E-state index in [4.69, 9.17) is 9.47 Å². The molecule has 5 rings (SSSR count). The minimum atomic E-state index is -4.56. The number of nitrogens with one attached hydrogen (secondary N) is 2. The van der Waals surface area contributed by atoms with E-state index in [0.29, 0.717) is 23.9 Å². The maximum Gasteiger partial charge on any atom is 0.407 e. The molecular weight excluding hydrogens is 584 g/mol. The van der Waals surface area contributed by atoms with Crippen LogP contribution in [0.25, 0.3) is 0 Å². The van der Waals surface area contributed by atoms with Gasteiger partial charge in [0.15, 0.2) is 17.4 Å². The van der Waals surface area contributed by atoms with Gasteiger partial charge in [0.1, 0.15) is 25.2 Å². The summed E-state index contributed by atoms with van der Waals surface area (Å²) >= 11 is 0. The third kappa shape index (κ3) is 8.07. The lowest BCUT2D eigenvalue weighted by Crippen LogP contribution is -2.44. The number of carbonyl (C=O) groups is 2. The molecule has 1 aliphatic carbocycles. The topological polar surface area (TPSA) is 101 Å². The number of rotatable bonds is 10. The summed E-state index contributed by atoms with van der Waals surface area (Å²) in [4.78, 5) is 29.4. The Hall–Kier alpha value is -4.59. The van der Waals surface area contributed by atoms with Crippen LogP contribution in [0.3, 0.4) is 0 Å². The highest BCUT2D eigenvalue weighted by Gasteiger charge is 2.34. The summed E-state index contributed by atoms with van der Waals surface area (Å²) in [6.45, 7) is 2.04. The van der Waals surface area contributed by atoms with Gasteiger partial charge in [-0.15, -0.1) is 0 Å². The Morgan fingerprint density at radius 3 is 2.57 bits per heavy atom. The van der Waals surface area contributed by atoms with Crippen LogP contribution in [-0.2, 0) is 20.9 Å². The number of hydrogen-bond acceptors (Lipinski definition) is 7. The van der Waals surface area contributed by atoms with E-state index in [1.54, 1.807) is 54.9 Å². The van der Waals surface area contributed by atoms with Gasteiger partial charge in [-0.25, -0.2) is 9.37 Å². The minimum absolute atomic E-state index is 0.0461. The zero-order valence-electron chi connectivity index (χ0n) is 24.1. The fourth-order valence-corrected chi connectivity index (χ4v) is 4.61. The number of nitrogens with zero attached hydrogens (tertiary/aromatic N) is 4. The summed E-state index contributed by atoms with van der Waals surface area (Å²) in [6, 6.07) is 12.2. The van der Waals surface area contributed by atoms with E-state index in [9.17, 15) is 27.2 Å². The summed E-state index contributed by atoms with van der Waals surface area (Å²) < 4.78 is 68.3. The van der Waals surface area contributed by atoms with Gasteiger partial charge in [0, 0.05) is 30.1 Å². The smallest absolute Gasteiger partial charge is 0.407 e. The second-order valence-electron chi connectivity index (χ2n) is 10.7. The Morgan fingerprint density at radius 2 is 1.89 bits per heavy atom. The van der Waals surface area contributed by atoms with Gasteiger partial charge >= 0.3 is 6.18 Å². The van der Waals surface area contributed by atoms with Gasteiger partial charge in [0.25, 0.3) is 5.91 Å². The van der Waals surface area contributed by atoms with E-state index in [0.717, 1.165) is 30.1 Å². The first kappa shape index (κ1) is 30.9. The molecule has 2 heterocycles. The summed E-state index contributed by atoms with van der Waals surface area (Å²) in [5, 5.41) is 7.47. The maximum absolute atomic E-state index is 15.0. The number of para-hydroxylation sites is 1. The molecule has 1 fully saturated rings. The minimum Gasteiger partial charge on any atom is -0.486 e. The zero-order chi connectivity index (χ0) is 31.4. The standard InChI is InChI=1S/C30H32F4N6O4/c1-19(13-38-15-27(35-20(38)2)37-28(41)21-8-9-21)44-26-11-10-23(12-25(26)31)36-29(42)22-14-39(17-30(32,33)34)40(18-43-16-22)24-6-4-3-5-7-24/h3-7,10-12,14-15,19,21H,8-9,13,16-18H2,1-2H3,(H,36,42)(H,37,41)/t19-/m0/s1. The molecule has 14 heteroatoms. The van der Waals surface area contributed by atoms with Crippen molar-refractivity contribution in [1.29, 1.82) is 0 Å². The fraction of sp³-hybridized carbons (Fsp3) is 0.367. The van der Waals surface area contributed by atoms with E-state index in [-0.39, 0.29) is 42.2 Å². The van der Waals surface area contributed by atoms with Crippen molar-refractivity contribution in [3.05, 3.63) is 78.1 Å². The number of imidazole rings is 1. The normalized spacial score (nSPS) is 16.2. The molecule has 0 spiro atoms. The fourth-order valence-electron chi connectivity index (χ4n) is 4.61. The van der Waals surface area contributed by atoms with Crippen molar-refractivity contribution < 1.29 is 36.6 Å². The van der Waals surface area contributed by atoms with E-state index < -0.39 is 30.5 Å². The molecule has 2 N–H and O–H groups in total. The van der Waals surface area contributed by atoms with Crippen molar-refractivity contribution in [3.63, 3.8) is 0 Å². The average Bonchev–Trinajstić information content (AvgIpc) is 3.78. The van der Waals surface area contributed by atoms with Crippen molar-refractivity contribution in [2.75, 3.05) is 35.5 Å². The molecule has 44 heavy (non-hydrogen) atoms. The Morgan fingerprint density at radius 1 is 1.14 bits per heavy atom. The van der Waals surface area contributed by atoms with Crippen molar-refractivity contribution in [2.24, 2.45) is 5.92 Å². The van der Waals surface area contributed by atoms with Crippen molar-refractivity contribution in [1.82, 2.24) is 14.6 Å². The van der Waals surface area contributed by atoms with Crippen LogP contribution in [0.5, 0.6) is 5.75 Å². The lowest BCUT2D eigenvalue weighted by Gasteiger charge is -2.34. The second kappa shape index (κ2) is 13.0. The number of halogens is 4. The number of ether oxygens (including phenoxy) is 2. The molecule has 2 aromatic carbocycles. The number of aryl methyl sites for hydroxylation is 1. The number of anilines is 3. The van der Waals surface area contributed by atoms with Crippen LogP contribution < -0.4 is 20.4 Å². The summed E-state index contributed by atoms with van der Waals surface area (Å²) in [7, 11) is 0. The highest BCUT2D eigenvalue weighted by molar-refractivity contribution is 6.04. The first-order valence-electron chi connectivity index (χ1n) is 14.0. The molecule has 0 radical (unpaired) electrons. The lowest BCUT2D eigenvalue weighted by molar-refractivity contribution is -0.142. The summed E-state index contributed by atoms with van der Waals surface area (Å²) in [5.41, 5.74) is 0.456. The quantitative estimate of drug-likeness (QED) is 0.301. The van der Waals surface area contributed by atoms with Gasteiger partial charge in [0.2, 0.25) is 5.91 Å². The predicted octanol–water partition coefficient (Wildman–Crippen LogP) is 5.24. The molecule has 0 saturated heterocycles. The third-order valence-corrected chi connectivity index (χ3v) is 6.92. The monoisotopic (exact) mass is 616 g/mol. The Bertz CT molecular complexity index is 1520. The first-order chi connectivity index (χ1) is 20.9.